The van der Waals surface area contributed by atoms with E-state index in [1.165, 1.54) is 0 Å². The van der Waals surface area contributed by atoms with E-state index in [4.69, 9.17) is 4.84 Å². The van der Waals surface area contributed by atoms with Gasteiger partial charge in [0.05, 0.1) is 5.71 Å². The normalized spacial score (nSPS) is 20.4. The second-order valence-electron chi connectivity index (χ2n) is 4.65. The summed E-state index contributed by atoms with van der Waals surface area (Å²) in [6, 6.07) is 0. The summed E-state index contributed by atoms with van der Waals surface area (Å²) in [5, 5.41) is 8.13. The van der Waals surface area contributed by atoms with Gasteiger partial charge in [-0.25, -0.2) is 4.98 Å². The number of hydrogen-bond acceptors (Lipinski definition) is 5. The topological polar surface area (TPSA) is 52.3 Å². The van der Waals surface area contributed by atoms with E-state index in [9.17, 15) is 0 Å². The second kappa shape index (κ2) is 3.76. The third-order valence-electron chi connectivity index (χ3n) is 2.48. The van der Waals surface area contributed by atoms with Gasteiger partial charge >= 0.3 is 0 Å². The number of oxime groups is 1. The van der Waals surface area contributed by atoms with Crippen LogP contribution in [0.4, 0.5) is 0 Å². The smallest absolute Gasteiger partial charge is 0.147 e. The number of rotatable bonds is 2. The maximum atomic E-state index is 5.32. The average Bonchev–Trinajstić information content (AvgIpc) is 2.68. The SMILES string of the molecule is Cc1nc(C(S)C2=NOC(C)(C)C2)n(C)n1. The molecule has 0 aliphatic carbocycles. The summed E-state index contributed by atoms with van der Waals surface area (Å²) >= 11 is 4.54. The molecular formula is C10H16N4OS. The predicted molar refractivity (Wildman–Crippen MR) is 64.7 cm³/mol. The summed E-state index contributed by atoms with van der Waals surface area (Å²) in [6.45, 7) is 5.87. The van der Waals surface area contributed by atoms with Crippen LogP contribution in [0.2, 0.25) is 0 Å². The second-order valence-corrected chi connectivity index (χ2v) is 5.17. The molecule has 0 aromatic carbocycles. The maximum absolute atomic E-state index is 5.32. The summed E-state index contributed by atoms with van der Waals surface area (Å²) in [5.74, 6) is 1.55. The minimum Gasteiger partial charge on any atom is -0.389 e. The van der Waals surface area contributed by atoms with E-state index in [1.54, 1.807) is 4.68 Å². The van der Waals surface area contributed by atoms with Gasteiger partial charge in [-0.3, -0.25) is 4.68 Å². The lowest BCUT2D eigenvalue weighted by Crippen LogP contribution is -2.21. The maximum Gasteiger partial charge on any atom is 0.147 e. The molecule has 1 aliphatic heterocycles. The minimum atomic E-state index is -0.232. The number of thiol groups is 1. The van der Waals surface area contributed by atoms with Gasteiger partial charge in [0, 0.05) is 13.5 Å². The highest BCUT2D eigenvalue weighted by molar-refractivity contribution is 7.81. The Balaban J connectivity index is 2.21. The van der Waals surface area contributed by atoms with Crippen LogP contribution < -0.4 is 0 Å². The first-order chi connectivity index (χ1) is 7.39. The van der Waals surface area contributed by atoms with Gasteiger partial charge in [0.15, 0.2) is 0 Å². The quantitative estimate of drug-likeness (QED) is 0.800. The van der Waals surface area contributed by atoms with E-state index in [0.29, 0.717) is 0 Å². The summed E-state index contributed by atoms with van der Waals surface area (Å²) in [4.78, 5) is 9.67. The van der Waals surface area contributed by atoms with Crippen molar-refractivity contribution in [2.24, 2.45) is 12.2 Å². The van der Waals surface area contributed by atoms with Gasteiger partial charge in [-0.05, 0) is 20.8 Å². The van der Waals surface area contributed by atoms with Crippen LogP contribution in [-0.4, -0.2) is 26.1 Å². The van der Waals surface area contributed by atoms with Gasteiger partial charge in [-0.2, -0.15) is 17.7 Å². The third kappa shape index (κ3) is 2.07. The van der Waals surface area contributed by atoms with Crippen LogP contribution in [0.15, 0.2) is 5.16 Å². The van der Waals surface area contributed by atoms with Crippen molar-refractivity contribution in [2.45, 2.75) is 38.0 Å². The molecule has 1 unspecified atom stereocenters. The molecule has 6 heteroatoms. The highest BCUT2D eigenvalue weighted by Crippen LogP contribution is 2.31. The van der Waals surface area contributed by atoms with Crippen LogP contribution in [0.1, 0.15) is 37.2 Å². The molecule has 0 radical (unpaired) electrons. The molecule has 0 saturated heterocycles. The Kier molecular flexibility index (Phi) is 2.69. The van der Waals surface area contributed by atoms with Crippen molar-refractivity contribution < 1.29 is 4.84 Å². The van der Waals surface area contributed by atoms with E-state index in [-0.39, 0.29) is 10.9 Å². The van der Waals surface area contributed by atoms with Crippen LogP contribution in [-0.2, 0) is 11.9 Å². The highest BCUT2D eigenvalue weighted by atomic mass is 32.1. The Morgan fingerprint density at radius 2 is 2.19 bits per heavy atom. The molecule has 0 spiro atoms. The molecule has 0 bridgehead atoms. The van der Waals surface area contributed by atoms with Crippen molar-refractivity contribution in [1.29, 1.82) is 0 Å². The molecule has 2 rings (SSSR count). The summed E-state index contributed by atoms with van der Waals surface area (Å²) in [7, 11) is 1.86. The van der Waals surface area contributed by atoms with Gasteiger partial charge in [-0.1, -0.05) is 5.16 Å². The van der Waals surface area contributed by atoms with Crippen molar-refractivity contribution in [3.8, 4) is 0 Å². The number of nitrogens with zero attached hydrogens (tertiary/aromatic N) is 4. The first-order valence-electron chi connectivity index (χ1n) is 5.19. The largest absolute Gasteiger partial charge is 0.389 e. The lowest BCUT2D eigenvalue weighted by atomic mass is 10.0. The Hall–Kier alpha value is -1.04. The van der Waals surface area contributed by atoms with Crippen LogP contribution in [0.5, 0.6) is 0 Å². The summed E-state index contributed by atoms with van der Waals surface area (Å²) in [5.41, 5.74) is 0.674. The summed E-state index contributed by atoms with van der Waals surface area (Å²) < 4.78 is 1.74. The Morgan fingerprint density at radius 3 is 2.62 bits per heavy atom. The molecule has 0 saturated carbocycles. The van der Waals surface area contributed by atoms with Crippen molar-refractivity contribution >= 4 is 18.3 Å². The third-order valence-corrected chi connectivity index (χ3v) is 3.01. The molecule has 1 atom stereocenters. The Morgan fingerprint density at radius 1 is 1.50 bits per heavy atom. The van der Waals surface area contributed by atoms with Gasteiger partial charge in [-0.15, -0.1) is 0 Å². The zero-order chi connectivity index (χ0) is 11.9. The fraction of sp³-hybridized carbons (Fsp3) is 0.700. The summed E-state index contributed by atoms with van der Waals surface area (Å²) in [6.07, 6.45) is 0.771. The van der Waals surface area contributed by atoms with E-state index in [0.717, 1.165) is 23.8 Å². The number of aryl methyl sites for hydroxylation is 2. The van der Waals surface area contributed by atoms with Crippen LogP contribution in [0.25, 0.3) is 0 Å². The molecule has 2 heterocycles. The minimum absolute atomic E-state index is 0.145. The van der Waals surface area contributed by atoms with Gasteiger partial charge < -0.3 is 4.84 Å². The molecular weight excluding hydrogens is 224 g/mol. The average molecular weight is 240 g/mol. The van der Waals surface area contributed by atoms with Crippen LogP contribution >= 0.6 is 12.6 Å². The fourth-order valence-electron chi connectivity index (χ4n) is 1.75. The molecule has 1 aliphatic rings. The lowest BCUT2D eigenvalue weighted by Gasteiger charge is -2.14. The van der Waals surface area contributed by atoms with Gasteiger partial charge in [0.25, 0.3) is 0 Å². The first kappa shape index (κ1) is 11.4. The Labute approximate surface area is 100 Å². The molecule has 5 nitrogen and oxygen atoms in total. The van der Waals surface area contributed by atoms with E-state index in [1.807, 2.05) is 27.8 Å². The lowest BCUT2D eigenvalue weighted by molar-refractivity contribution is 0.0123. The molecule has 0 amide bonds. The van der Waals surface area contributed by atoms with Crippen LogP contribution in [0, 0.1) is 6.92 Å². The number of hydrogen-bond donors (Lipinski definition) is 1. The van der Waals surface area contributed by atoms with E-state index >= 15 is 0 Å². The van der Waals surface area contributed by atoms with Crippen molar-refractivity contribution in [3.63, 3.8) is 0 Å². The zero-order valence-corrected chi connectivity index (χ0v) is 10.8. The van der Waals surface area contributed by atoms with Crippen LogP contribution in [0.3, 0.4) is 0 Å². The predicted octanol–water partition coefficient (Wildman–Crippen LogP) is 1.65. The van der Waals surface area contributed by atoms with Crippen molar-refractivity contribution in [2.75, 3.05) is 0 Å². The molecule has 1 aromatic heterocycles. The molecule has 16 heavy (non-hydrogen) atoms. The van der Waals surface area contributed by atoms with Crippen molar-refractivity contribution in [3.05, 3.63) is 11.6 Å². The fourth-order valence-corrected chi connectivity index (χ4v) is 2.11. The zero-order valence-electron chi connectivity index (χ0n) is 9.93. The molecule has 1 aromatic rings. The monoisotopic (exact) mass is 240 g/mol. The first-order valence-corrected chi connectivity index (χ1v) is 5.71. The highest BCUT2D eigenvalue weighted by Gasteiger charge is 2.33. The molecule has 0 N–H and O–H groups in total. The van der Waals surface area contributed by atoms with E-state index < -0.39 is 0 Å². The van der Waals surface area contributed by atoms with Gasteiger partial charge in [0.2, 0.25) is 0 Å². The standard InChI is InChI=1S/C10H16N4OS/c1-6-11-9(14(4)12-6)8(16)7-5-10(2,3)15-13-7/h8,16H,5H2,1-4H3. The van der Waals surface area contributed by atoms with E-state index in [2.05, 4.69) is 27.9 Å². The number of aromatic nitrogens is 3. The van der Waals surface area contributed by atoms with Crippen molar-refractivity contribution in [1.82, 2.24) is 14.8 Å². The molecule has 88 valence electrons. The van der Waals surface area contributed by atoms with Gasteiger partial charge in [0.1, 0.15) is 22.5 Å². The molecule has 0 fully saturated rings. The Bertz CT molecular complexity index is 438.